The summed E-state index contributed by atoms with van der Waals surface area (Å²) in [5.41, 5.74) is 2.84. The third-order valence-electron chi connectivity index (χ3n) is 5.29. The fourth-order valence-electron chi connectivity index (χ4n) is 3.72. The van der Waals surface area contributed by atoms with Gasteiger partial charge in [-0.3, -0.25) is 9.69 Å². The molecule has 0 fully saturated rings. The van der Waals surface area contributed by atoms with E-state index >= 15 is 0 Å². The van der Waals surface area contributed by atoms with Gasteiger partial charge in [0.1, 0.15) is 11.6 Å². The number of likely N-dealkylation sites (N-methyl/N-ethyl adjacent to an activating group) is 1. The van der Waals surface area contributed by atoms with Crippen LogP contribution in [0.3, 0.4) is 0 Å². The number of rotatable bonds is 6. The third-order valence-corrected chi connectivity index (χ3v) is 5.29. The monoisotopic (exact) mass is 405 g/mol. The van der Waals surface area contributed by atoms with Crippen LogP contribution < -0.4 is 4.74 Å². The van der Waals surface area contributed by atoms with Crippen LogP contribution >= 0.6 is 0 Å². The van der Waals surface area contributed by atoms with Gasteiger partial charge in [-0.05, 0) is 38.2 Å². The van der Waals surface area contributed by atoms with Crippen LogP contribution in [0.15, 0.2) is 72.8 Å². The van der Waals surface area contributed by atoms with Gasteiger partial charge in [-0.2, -0.15) is 0 Å². The quantitative estimate of drug-likeness (QED) is 0.553. The predicted octanol–water partition coefficient (Wildman–Crippen LogP) is 4.79. The summed E-state index contributed by atoms with van der Waals surface area (Å²) in [6.07, 6.45) is -0.229. The summed E-state index contributed by atoms with van der Waals surface area (Å²) < 4.78 is 26.3. The molecule has 0 amide bonds. The number of nitrogens with zero attached hydrogens (tertiary/aromatic N) is 1. The van der Waals surface area contributed by atoms with Crippen LogP contribution in [-0.4, -0.2) is 30.8 Å². The van der Waals surface area contributed by atoms with Gasteiger partial charge in [0.15, 0.2) is 5.78 Å². The van der Waals surface area contributed by atoms with Crippen molar-refractivity contribution in [3.63, 3.8) is 0 Å². The summed E-state index contributed by atoms with van der Waals surface area (Å²) in [4.78, 5) is 15.0. The van der Waals surface area contributed by atoms with Crippen molar-refractivity contribution in [1.29, 1.82) is 0 Å². The average Bonchev–Trinajstić information content (AvgIpc) is 2.77. The van der Waals surface area contributed by atoms with E-state index in [2.05, 4.69) is 0 Å². The maximum atomic E-state index is 14.3. The predicted molar refractivity (Wildman–Crippen MR) is 113 cm³/mol. The summed E-state index contributed by atoms with van der Waals surface area (Å²) in [5, 5.41) is 0. The number of carbonyl (C=O) groups excluding carboxylic acids is 1. The zero-order valence-electron chi connectivity index (χ0n) is 17.0. The molecule has 3 aromatic carbocycles. The second-order valence-corrected chi connectivity index (χ2v) is 7.64. The Kier molecular flexibility index (Phi) is 5.93. The van der Waals surface area contributed by atoms with Crippen molar-refractivity contribution in [1.82, 2.24) is 4.90 Å². The van der Waals surface area contributed by atoms with Crippen molar-refractivity contribution >= 4 is 5.78 Å². The minimum absolute atomic E-state index is 0.00900. The third kappa shape index (κ3) is 4.27. The smallest absolute Gasteiger partial charge is 0.227 e. The van der Waals surface area contributed by atoms with Crippen LogP contribution in [0.1, 0.15) is 33.3 Å². The van der Waals surface area contributed by atoms with Crippen molar-refractivity contribution in [2.24, 2.45) is 0 Å². The van der Waals surface area contributed by atoms with Gasteiger partial charge in [0, 0.05) is 16.7 Å². The topological polar surface area (TPSA) is 38.8 Å². The van der Waals surface area contributed by atoms with Crippen LogP contribution in [-0.2, 0) is 17.8 Å². The lowest BCUT2D eigenvalue weighted by atomic mass is 9.94. The second kappa shape index (κ2) is 8.78. The van der Waals surface area contributed by atoms with Gasteiger partial charge < -0.3 is 9.47 Å². The van der Waals surface area contributed by atoms with Crippen molar-refractivity contribution in [3.05, 3.63) is 101 Å². The zero-order valence-corrected chi connectivity index (χ0v) is 17.0. The Hall–Kier alpha value is -3.02. The Labute approximate surface area is 175 Å². The molecule has 0 saturated heterocycles. The van der Waals surface area contributed by atoms with Gasteiger partial charge in [0.25, 0.3) is 0 Å². The first-order valence-electron chi connectivity index (χ1n) is 9.93. The molecule has 0 N–H and O–H groups in total. The molecule has 1 aliphatic rings. The number of benzene rings is 3. The molecule has 1 heterocycles. The maximum absolute atomic E-state index is 14.3. The molecule has 3 aromatic rings. The van der Waals surface area contributed by atoms with Crippen LogP contribution in [0.25, 0.3) is 0 Å². The molecule has 4 nitrogen and oxygen atoms in total. The molecule has 2 atom stereocenters. The van der Waals surface area contributed by atoms with Crippen molar-refractivity contribution in [2.75, 3.05) is 14.1 Å². The highest BCUT2D eigenvalue weighted by atomic mass is 19.1. The normalized spacial score (nSPS) is 16.6. The van der Waals surface area contributed by atoms with E-state index < -0.39 is 12.3 Å². The Morgan fingerprint density at radius 2 is 1.73 bits per heavy atom. The van der Waals surface area contributed by atoms with Crippen molar-refractivity contribution < 1.29 is 18.7 Å². The largest absolute Gasteiger partial charge is 0.460 e. The number of ether oxygens (including phenoxy) is 2. The van der Waals surface area contributed by atoms with E-state index in [4.69, 9.17) is 9.47 Å². The van der Waals surface area contributed by atoms with E-state index in [1.54, 1.807) is 12.1 Å². The minimum Gasteiger partial charge on any atom is -0.460 e. The molecule has 0 saturated carbocycles. The van der Waals surface area contributed by atoms with Gasteiger partial charge in [-0.1, -0.05) is 60.7 Å². The van der Waals surface area contributed by atoms with E-state index in [-0.39, 0.29) is 18.2 Å². The number of fused-ring (bicyclic) bond motifs is 1. The molecule has 4 rings (SSSR count). The molecule has 0 spiro atoms. The molecule has 0 aliphatic carbocycles. The highest BCUT2D eigenvalue weighted by molar-refractivity contribution is 6.00. The molecular weight excluding hydrogens is 381 g/mol. The Balaban J connectivity index is 1.65. The number of ketones is 1. The van der Waals surface area contributed by atoms with Gasteiger partial charge in [-0.25, -0.2) is 4.39 Å². The Bertz CT molecular complexity index is 1020. The first-order chi connectivity index (χ1) is 14.5. The summed E-state index contributed by atoms with van der Waals surface area (Å²) in [6.45, 7) is 0.249. The van der Waals surface area contributed by atoms with E-state index in [9.17, 15) is 9.18 Å². The molecule has 1 aliphatic heterocycles. The number of carbonyl (C=O) groups is 1. The molecule has 0 aromatic heterocycles. The fraction of sp³-hybridized carbons (Fsp3) is 0.240. The molecule has 0 radical (unpaired) electrons. The first kappa shape index (κ1) is 20.3. The van der Waals surface area contributed by atoms with Gasteiger partial charge in [-0.15, -0.1) is 0 Å². The molecular formula is C25H24FNO3. The average molecular weight is 405 g/mol. The molecule has 0 unspecified atom stereocenters. The van der Waals surface area contributed by atoms with Crippen molar-refractivity contribution in [3.8, 4) is 5.75 Å². The number of Topliss-reactive ketones (excluding diaryl/α,β-unsaturated/α-hetero) is 1. The molecule has 30 heavy (non-hydrogen) atoms. The fourth-order valence-corrected chi connectivity index (χ4v) is 3.72. The first-order valence-corrected chi connectivity index (χ1v) is 9.93. The highest BCUT2D eigenvalue weighted by Crippen LogP contribution is 2.37. The van der Waals surface area contributed by atoms with Crippen LogP contribution in [0.4, 0.5) is 4.39 Å². The van der Waals surface area contributed by atoms with Crippen LogP contribution in [0.2, 0.25) is 0 Å². The van der Waals surface area contributed by atoms with Gasteiger partial charge >= 0.3 is 0 Å². The lowest BCUT2D eigenvalue weighted by molar-refractivity contribution is -0.112. The van der Waals surface area contributed by atoms with Crippen LogP contribution in [0.5, 0.6) is 5.75 Å². The van der Waals surface area contributed by atoms with E-state index in [1.807, 2.05) is 67.5 Å². The van der Waals surface area contributed by atoms with Crippen LogP contribution in [0, 0.1) is 5.82 Å². The lowest BCUT2D eigenvalue weighted by Gasteiger charge is -2.30. The number of halogens is 1. The van der Waals surface area contributed by atoms with Gasteiger partial charge in [0.2, 0.25) is 6.29 Å². The highest BCUT2D eigenvalue weighted by Gasteiger charge is 2.29. The number of hydrogen-bond donors (Lipinski definition) is 0. The summed E-state index contributed by atoms with van der Waals surface area (Å²) >= 11 is 0. The van der Waals surface area contributed by atoms with E-state index in [1.165, 1.54) is 12.1 Å². The van der Waals surface area contributed by atoms with E-state index in [0.717, 1.165) is 5.56 Å². The van der Waals surface area contributed by atoms with Gasteiger partial charge in [0.05, 0.1) is 12.6 Å². The Morgan fingerprint density at radius 1 is 1.07 bits per heavy atom. The summed E-state index contributed by atoms with van der Waals surface area (Å²) in [6, 6.07) is 21.2. The standard InChI is InChI=1S/C25H24FNO3/c1-27(2)22(23(28)17-9-5-3-6-10-17)15-19-13-21(26)14-20-16-29-25(30-24(19)20)18-11-7-4-8-12-18/h3-14,22,25H,15-16H2,1-2H3/t22-,25+/m1/s1. The molecule has 154 valence electrons. The zero-order chi connectivity index (χ0) is 21.1. The molecule has 5 heteroatoms. The van der Waals surface area contributed by atoms with Crippen molar-refractivity contribution in [2.45, 2.75) is 25.4 Å². The Morgan fingerprint density at radius 3 is 2.40 bits per heavy atom. The number of hydrogen-bond acceptors (Lipinski definition) is 4. The minimum atomic E-state index is -0.564. The molecule has 0 bridgehead atoms. The van der Waals surface area contributed by atoms with E-state index in [0.29, 0.717) is 28.9 Å². The lowest BCUT2D eigenvalue weighted by Crippen LogP contribution is -2.38. The second-order valence-electron chi connectivity index (χ2n) is 7.64. The summed E-state index contributed by atoms with van der Waals surface area (Å²) in [5.74, 6) is 0.230. The SMILES string of the molecule is CN(C)[C@H](Cc1cc(F)cc2c1O[C@@H](c1ccccc1)OC2)C(=O)c1ccccc1. The maximum Gasteiger partial charge on any atom is 0.227 e. The summed E-state index contributed by atoms with van der Waals surface area (Å²) in [7, 11) is 3.71.